The molecule has 1 aliphatic carbocycles. The number of hydrogen-bond acceptors (Lipinski definition) is 3. The van der Waals surface area contributed by atoms with Crippen LogP contribution in [0.2, 0.25) is 0 Å². The lowest BCUT2D eigenvalue weighted by molar-refractivity contribution is 0.154. The van der Waals surface area contributed by atoms with Crippen molar-refractivity contribution in [3.63, 3.8) is 0 Å². The minimum atomic E-state index is 0.419. The Labute approximate surface area is 124 Å². The molecule has 1 aliphatic rings. The molecule has 0 radical (unpaired) electrons. The van der Waals surface area contributed by atoms with Crippen molar-refractivity contribution >= 4 is 15.9 Å². The van der Waals surface area contributed by atoms with E-state index in [2.05, 4.69) is 27.9 Å². The number of halogens is 1. The largest absolute Gasteiger partial charge is 0.492 e. The van der Waals surface area contributed by atoms with Gasteiger partial charge in [-0.15, -0.1) is 0 Å². The fourth-order valence-corrected chi connectivity index (χ4v) is 2.97. The fourth-order valence-electron chi connectivity index (χ4n) is 2.59. The van der Waals surface area contributed by atoms with Gasteiger partial charge in [0, 0.05) is 23.1 Å². The summed E-state index contributed by atoms with van der Waals surface area (Å²) in [5, 5.41) is 0. The first kappa shape index (κ1) is 14.8. The van der Waals surface area contributed by atoms with Crippen molar-refractivity contribution < 1.29 is 4.74 Å². The fraction of sp³-hybridized carbons (Fsp3) is 0.600. The third kappa shape index (κ3) is 4.79. The number of hydrogen-bond donors (Lipinski definition) is 1. The minimum Gasteiger partial charge on any atom is -0.492 e. The standard InChI is InChI=1S/C15H23BrN2O/c1-18(14-7-5-13(17)6-8-14)9-10-19-15-4-2-3-12(16)11-15/h2-4,11,13-14H,5-10,17H2,1H3. The van der Waals surface area contributed by atoms with Crippen molar-refractivity contribution in [1.29, 1.82) is 0 Å². The molecule has 0 heterocycles. The van der Waals surface area contributed by atoms with Crippen LogP contribution in [0.4, 0.5) is 0 Å². The van der Waals surface area contributed by atoms with E-state index in [0.29, 0.717) is 12.1 Å². The molecule has 1 saturated carbocycles. The van der Waals surface area contributed by atoms with Crippen LogP contribution in [0.5, 0.6) is 5.75 Å². The van der Waals surface area contributed by atoms with E-state index in [0.717, 1.165) is 36.2 Å². The summed E-state index contributed by atoms with van der Waals surface area (Å²) in [5.74, 6) is 0.924. The van der Waals surface area contributed by atoms with Crippen LogP contribution in [0.3, 0.4) is 0 Å². The summed E-state index contributed by atoms with van der Waals surface area (Å²) in [7, 11) is 2.19. The average Bonchev–Trinajstić information content (AvgIpc) is 2.39. The van der Waals surface area contributed by atoms with E-state index in [-0.39, 0.29) is 0 Å². The van der Waals surface area contributed by atoms with Crippen molar-refractivity contribution in [1.82, 2.24) is 4.90 Å². The lowest BCUT2D eigenvalue weighted by Crippen LogP contribution is -2.40. The SMILES string of the molecule is CN(CCOc1cccc(Br)c1)C1CCC(N)CC1. The van der Waals surface area contributed by atoms with Crippen molar-refractivity contribution in [3.05, 3.63) is 28.7 Å². The highest BCUT2D eigenvalue weighted by Crippen LogP contribution is 2.21. The van der Waals surface area contributed by atoms with Gasteiger partial charge in [-0.1, -0.05) is 22.0 Å². The molecule has 2 N–H and O–H groups in total. The number of likely N-dealkylation sites (N-methyl/N-ethyl adjacent to an activating group) is 1. The summed E-state index contributed by atoms with van der Waals surface area (Å²) in [6.07, 6.45) is 4.74. The molecule has 1 fully saturated rings. The van der Waals surface area contributed by atoms with Crippen molar-refractivity contribution in [2.45, 2.75) is 37.8 Å². The second-order valence-electron chi connectivity index (χ2n) is 5.36. The molecule has 1 aromatic carbocycles. The maximum absolute atomic E-state index is 5.94. The Hall–Kier alpha value is -0.580. The zero-order valence-electron chi connectivity index (χ0n) is 11.5. The first-order chi connectivity index (χ1) is 9.15. The average molecular weight is 327 g/mol. The Morgan fingerprint density at radius 2 is 2.05 bits per heavy atom. The van der Waals surface area contributed by atoms with Crippen molar-refractivity contribution in [2.24, 2.45) is 5.73 Å². The van der Waals surface area contributed by atoms with E-state index in [1.165, 1.54) is 12.8 Å². The van der Waals surface area contributed by atoms with E-state index in [9.17, 15) is 0 Å². The van der Waals surface area contributed by atoms with Gasteiger partial charge in [-0.2, -0.15) is 0 Å². The Balaban J connectivity index is 1.70. The molecule has 106 valence electrons. The molecule has 0 aromatic heterocycles. The molecule has 4 heteroatoms. The van der Waals surface area contributed by atoms with Gasteiger partial charge in [0.25, 0.3) is 0 Å². The van der Waals surface area contributed by atoms with Crippen molar-refractivity contribution in [2.75, 3.05) is 20.2 Å². The van der Waals surface area contributed by atoms with E-state index in [1.54, 1.807) is 0 Å². The number of benzene rings is 1. The zero-order chi connectivity index (χ0) is 13.7. The Bertz CT molecular complexity index is 391. The molecule has 0 bridgehead atoms. The van der Waals surface area contributed by atoms with Crippen LogP contribution < -0.4 is 10.5 Å². The van der Waals surface area contributed by atoms with Gasteiger partial charge >= 0.3 is 0 Å². The van der Waals surface area contributed by atoms with Gasteiger partial charge in [-0.3, -0.25) is 0 Å². The molecule has 0 amide bonds. The summed E-state index contributed by atoms with van der Waals surface area (Å²) in [6, 6.07) is 9.08. The molecular formula is C15H23BrN2O. The van der Waals surface area contributed by atoms with Crippen LogP contribution in [-0.2, 0) is 0 Å². The van der Waals surface area contributed by atoms with Gasteiger partial charge in [0.1, 0.15) is 12.4 Å². The molecule has 0 unspecified atom stereocenters. The summed E-state index contributed by atoms with van der Waals surface area (Å²) >= 11 is 3.45. The number of nitrogens with two attached hydrogens (primary N) is 1. The molecule has 0 aliphatic heterocycles. The summed E-state index contributed by atoms with van der Waals surface area (Å²) in [5.41, 5.74) is 5.94. The molecule has 0 spiro atoms. The number of ether oxygens (including phenoxy) is 1. The molecule has 19 heavy (non-hydrogen) atoms. The summed E-state index contributed by atoms with van der Waals surface area (Å²) in [4.78, 5) is 2.41. The van der Waals surface area contributed by atoms with Gasteiger partial charge < -0.3 is 15.4 Å². The monoisotopic (exact) mass is 326 g/mol. The third-order valence-electron chi connectivity index (χ3n) is 3.87. The highest BCUT2D eigenvalue weighted by molar-refractivity contribution is 9.10. The topological polar surface area (TPSA) is 38.5 Å². The van der Waals surface area contributed by atoms with E-state index < -0.39 is 0 Å². The molecule has 0 saturated heterocycles. The Morgan fingerprint density at radius 1 is 1.32 bits per heavy atom. The van der Waals surface area contributed by atoms with Crippen LogP contribution in [0.25, 0.3) is 0 Å². The van der Waals surface area contributed by atoms with Gasteiger partial charge in [-0.05, 0) is 50.9 Å². The van der Waals surface area contributed by atoms with Gasteiger partial charge in [0.2, 0.25) is 0 Å². The first-order valence-electron chi connectivity index (χ1n) is 6.99. The van der Waals surface area contributed by atoms with Crippen molar-refractivity contribution in [3.8, 4) is 5.75 Å². The third-order valence-corrected chi connectivity index (χ3v) is 4.37. The quantitative estimate of drug-likeness (QED) is 0.903. The molecule has 0 atom stereocenters. The van der Waals surface area contributed by atoms with E-state index >= 15 is 0 Å². The van der Waals surface area contributed by atoms with E-state index in [4.69, 9.17) is 10.5 Å². The second kappa shape index (κ2) is 7.27. The van der Waals surface area contributed by atoms with Gasteiger partial charge in [-0.25, -0.2) is 0 Å². The number of nitrogens with zero attached hydrogens (tertiary/aromatic N) is 1. The molecule has 3 nitrogen and oxygen atoms in total. The summed E-state index contributed by atoms with van der Waals surface area (Å²) in [6.45, 7) is 1.70. The first-order valence-corrected chi connectivity index (χ1v) is 7.78. The highest BCUT2D eigenvalue weighted by Gasteiger charge is 2.21. The van der Waals surface area contributed by atoms with Crippen LogP contribution in [0, 0.1) is 0 Å². The maximum Gasteiger partial charge on any atom is 0.120 e. The van der Waals surface area contributed by atoms with Gasteiger partial charge in [0.05, 0.1) is 0 Å². The molecule has 1 aromatic rings. The minimum absolute atomic E-state index is 0.419. The molecule has 2 rings (SSSR count). The van der Waals surface area contributed by atoms with Crippen LogP contribution in [0.15, 0.2) is 28.7 Å². The van der Waals surface area contributed by atoms with E-state index in [1.807, 2.05) is 24.3 Å². The summed E-state index contributed by atoms with van der Waals surface area (Å²) < 4.78 is 6.83. The smallest absolute Gasteiger partial charge is 0.120 e. The highest BCUT2D eigenvalue weighted by atomic mass is 79.9. The molecular weight excluding hydrogens is 304 g/mol. The zero-order valence-corrected chi connectivity index (χ0v) is 13.1. The van der Waals surface area contributed by atoms with Crippen LogP contribution in [-0.4, -0.2) is 37.2 Å². The van der Waals surface area contributed by atoms with Gasteiger partial charge in [0.15, 0.2) is 0 Å². The Morgan fingerprint density at radius 3 is 2.74 bits per heavy atom. The predicted molar refractivity (Wildman–Crippen MR) is 82.5 cm³/mol. The normalized spacial score (nSPS) is 23.6. The number of rotatable bonds is 5. The van der Waals surface area contributed by atoms with Crippen LogP contribution >= 0.6 is 15.9 Å². The predicted octanol–water partition coefficient (Wildman–Crippen LogP) is 3.03. The Kier molecular flexibility index (Phi) is 5.67. The lowest BCUT2D eigenvalue weighted by atomic mass is 9.91. The van der Waals surface area contributed by atoms with Crippen LogP contribution in [0.1, 0.15) is 25.7 Å². The second-order valence-corrected chi connectivity index (χ2v) is 6.27. The maximum atomic E-state index is 5.94. The lowest BCUT2D eigenvalue weighted by Gasteiger charge is -2.33.